The Morgan fingerprint density at radius 2 is 1.89 bits per heavy atom. The molecular formula is C13H16F2N2O. The zero-order valence-corrected chi connectivity index (χ0v) is 10.1. The van der Waals surface area contributed by atoms with Gasteiger partial charge in [-0.15, -0.1) is 0 Å². The first-order valence-electron chi connectivity index (χ1n) is 6.08. The number of hydrazone groups is 1. The van der Waals surface area contributed by atoms with Crippen molar-refractivity contribution in [3.8, 4) is 5.75 Å². The van der Waals surface area contributed by atoms with Crippen LogP contribution in [0.1, 0.15) is 24.8 Å². The third-order valence-corrected chi connectivity index (χ3v) is 2.83. The van der Waals surface area contributed by atoms with Gasteiger partial charge in [-0.25, -0.2) is 0 Å². The molecule has 1 aromatic carbocycles. The third kappa shape index (κ3) is 3.68. The first kappa shape index (κ1) is 12.8. The van der Waals surface area contributed by atoms with Crippen molar-refractivity contribution in [2.45, 2.75) is 25.9 Å². The summed E-state index contributed by atoms with van der Waals surface area (Å²) < 4.78 is 28.9. The predicted octanol–water partition coefficient (Wildman–Crippen LogP) is 3.11. The van der Waals surface area contributed by atoms with E-state index >= 15 is 0 Å². The van der Waals surface area contributed by atoms with Gasteiger partial charge < -0.3 is 4.74 Å². The fraction of sp³-hybridized carbons (Fsp3) is 0.462. The number of ether oxygens (including phenoxy) is 1. The van der Waals surface area contributed by atoms with Crippen LogP contribution in [-0.4, -0.2) is 30.9 Å². The Hall–Kier alpha value is -1.65. The second kappa shape index (κ2) is 6.33. The van der Waals surface area contributed by atoms with Crippen molar-refractivity contribution in [1.82, 2.24) is 5.01 Å². The summed E-state index contributed by atoms with van der Waals surface area (Å²) in [5.74, 6) is 0.160. The van der Waals surface area contributed by atoms with E-state index in [1.54, 1.807) is 24.4 Å². The number of rotatable bonds is 4. The molecular weight excluding hydrogens is 238 g/mol. The maximum atomic E-state index is 12.2. The number of alkyl halides is 2. The smallest absolute Gasteiger partial charge is 0.387 e. The van der Waals surface area contributed by atoms with E-state index in [1.165, 1.54) is 12.5 Å². The normalized spacial score (nSPS) is 16.5. The number of benzene rings is 1. The Balaban J connectivity index is 2.05. The molecule has 0 aliphatic carbocycles. The monoisotopic (exact) mass is 254 g/mol. The van der Waals surface area contributed by atoms with Gasteiger partial charge in [-0.1, -0.05) is 12.1 Å². The Labute approximate surface area is 105 Å². The van der Waals surface area contributed by atoms with E-state index < -0.39 is 6.61 Å². The second-order valence-electron chi connectivity index (χ2n) is 4.18. The molecule has 1 aliphatic rings. The van der Waals surface area contributed by atoms with Crippen LogP contribution in [0.3, 0.4) is 0 Å². The lowest BCUT2D eigenvalue weighted by atomic mass is 10.2. The molecule has 1 aromatic rings. The fourth-order valence-corrected chi connectivity index (χ4v) is 1.93. The van der Waals surface area contributed by atoms with Gasteiger partial charge >= 0.3 is 6.61 Å². The molecule has 0 amide bonds. The lowest BCUT2D eigenvalue weighted by Gasteiger charge is -2.23. The summed E-state index contributed by atoms with van der Waals surface area (Å²) in [5.41, 5.74) is 0.573. The first-order valence-corrected chi connectivity index (χ1v) is 6.08. The molecule has 0 aromatic heterocycles. The van der Waals surface area contributed by atoms with Gasteiger partial charge in [0.1, 0.15) is 5.75 Å². The molecule has 1 saturated heterocycles. The predicted molar refractivity (Wildman–Crippen MR) is 66.1 cm³/mol. The van der Waals surface area contributed by atoms with Gasteiger partial charge in [0, 0.05) is 18.7 Å². The Bertz CT molecular complexity index is 404. The molecule has 1 heterocycles. The molecule has 98 valence electrons. The zero-order valence-electron chi connectivity index (χ0n) is 10.1. The van der Waals surface area contributed by atoms with Crippen LogP contribution in [0.15, 0.2) is 29.4 Å². The number of hydrogen-bond donors (Lipinski definition) is 0. The molecule has 1 fully saturated rings. The molecule has 2 rings (SSSR count). The molecule has 5 heteroatoms. The first-order chi connectivity index (χ1) is 8.75. The quantitative estimate of drug-likeness (QED) is 0.771. The lowest BCUT2D eigenvalue weighted by Crippen LogP contribution is -2.24. The molecule has 0 saturated carbocycles. The Kier molecular flexibility index (Phi) is 4.50. The van der Waals surface area contributed by atoms with Crippen molar-refractivity contribution in [2.75, 3.05) is 13.1 Å². The van der Waals surface area contributed by atoms with Gasteiger partial charge in [-0.05, 0) is 31.4 Å². The summed E-state index contributed by atoms with van der Waals surface area (Å²) in [6.45, 7) is -0.961. The minimum absolute atomic E-state index is 0.160. The van der Waals surface area contributed by atoms with Crippen molar-refractivity contribution in [3.05, 3.63) is 29.8 Å². The van der Waals surface area contributed by atoms with Crippen LogP contribution < -0.4 is 4.74 Å². The average molecular weight is 254 g/mol. The summed E-state index contributed by atoms with van der Waals surface area (Å²) in [7, 11) is 0. The van der Waals surface area contributed by atoms with Crippen molar-refractivity contribution in [2.24, 2.45) is 5.10 Å². The van der Waals surface area contributed by atoms with E-state index in [2.05, 4.69) is 9.84 Å². The van der Waals surface area contributed by atoms with Gasteiger partial charge in [0.05, 0.1) is 6.21 Å². The van der Waals surface area contributed by atoms with E-state index in [0.717, 1.165) is 25.9 Å². The van der Waals surface area contributed by atoms with Crippen LogP contribution in [0.2, 0.25) is 0 Å². The summed E-state index contributed by atoms with van der Waals surface area (Å²) in [4.78, 5) is 0. The summed E-state index contributed by atoms with van der Waals surface area (Å²) in [6.07, 6.45) is 5.08. The minimum atomic E-state index is -2.81. The molecule has 0 unspecified atom stereocenters. The van der Waals surface area contributed by atoms with Crippen LogP contribution in [0.4, 0.5) is 8.78 Å². The largest absolute Gasteiger partial charge is 0.434 e. The van der Waals surface area contributed by atoms with Crippen LogP contribution in [-0.2, 0) is 0 Å². The Morgan fingerprint density at radius 3 is 2.61 bits per heavy atom. The van der Waals surface area contributed by atoms with Crippen molar-refractivity contribution < 1.29 is 13.5 Å². The van der Waals surface area contributed by atoms with Gasteiger partial charge in [0.25, 0.3) is 0 Å². The van der Waals surface area contributed by atoms with E-state index in [-0.39, 0.29) is 5.75 Å². The molecule has 0 atom stereocenters. The maximum absolute atomic E-state index is 12.2. The highest BCUT2D eigenvalue weighted by Crippen LogP contribution is 2.18. The van der Waals surface area contributed by atoms with Crippen molar-refractivity contribution in [3.63, 3.8) is 0 Å². The molecule has 18 heavy (non-hydrogen) atoms. The van der Waals surface area contributed by atoms with Crippen LogP contribution in [0, 0.1) is 0 Å². The fourth-order valence-electron chi connectivity index (χ4n) is 1.93. The maximum Gasteiger partial charge on any atom is 0.387 e. The summed E-state index contributed by atoms with van der Waals surface area (Å²) >= 11 is 0. The van der Waals surface area contributed by atoms with E-state index in [4.69, 9.17) is 0 Å². The van der Waals surface area contributed by atoms with E-state index in [1.807, 2.05) is 5.01 Å². The summed E-state index contributed by atoms with van der Waals surface area (Å²) in [6, 6.07) is 6.67. The SMILES string of the molecule is FC(F)Oc1ccccc1C=NN1CCCCC1. The topological polar surface area (TPSA) is 24.8 Å². The molecule has 0 radical (unpaired) electrons. The van der Waals surface area contributed by atoms with Gasteiger partial charge in [-0.3, -0.25) is 5.01 Å². The van der Waals surface area contributed by atoms with Crippen molar-refractivity contribution >= 4 is 6.21 Å². The Morgan fingerprint density at radius 1 is 1.17 bits per heavy atom. The number of piperidine rings is 1. The van der Waals surface area contributed by atoms with Gasteiger partial charge in [0.15, 0.2) is 0 Å². The zero-order chi connectivity index (χ0) is 12.8. The standard InChI is InChI=1S/C13H16F2N2O/c14-13(15)18-12-7-3-2-6-11(12)10-16-17-8-4-1-5-9-17/h2-3,6-7,10,13H,1,4-5,8-9H2. The molecule has 1 aliphatic heterocycles. The minimum Gasteiger partial charge on any atom is -0.434 e. The lowest BCUT2D eigenvalue weighted by molar-refractivity contribution is -0.0499. The number of hydrogen-bond acceptors (Lipinski definition) is 3. The second-order valence-corrected chi connectivity index (χ2v) is 4.18. The van der Waals surface area contributed by atoms with Crippen molar-refractivity contribution in [1.29, 1.82) is 0 Å². The third-order valence-electron chi connectivity index (χ3n) is 2.83. The van der Waals surface area contributed by atoms with E-state index in [0.29, 0.717) is 5.56 Å². The highest BCUT2D eigenvalue weighted by Gasteiger charge is 2.09. The van der Waals surface area contributed by atoms with E-state index in [9.17, 15) is 8.78 Å². The number of para-hydroxylation sites is 1. The number of nitrogens with zero attached hydrogens (tertiary/aromatic N) is 2. The molecule has 3 nitrogen and oxygen atoms in total. The summed E-state index contributed by atoms with van der Waals surface area (Å²) in [5, 5.41) is 6.27. The van der Waals surface area contributed by atoms with Gasteiger partial charge in [0.2, 0.25) is 0 Å². The van der Waals surface area contributed by atoms with Crippen LogP contribution in [0.25, 0.3) is 0 Å². The van der Waals surface area contributed by atoms with Crippen LogP contribution >= 0.6 is 0 Å². The molecule has 0 N–H and O–H groups in total. The van der Waals surface area contributed by atoms with Crippen LogP contribution in [0.5, 0.6) is 5.75 Å². The average Bonchev–Trinajstić information content (AvgIpc) is 2.38. The van der Waals surface area contributed by atoms with Gasteiger partial charge in [-0.2, -0.15) is 13.9 Å². The molecule has 0 bridgehead atoms. The number of halogens is 2. The molecule has 0 spiro atoms. The highest BCUT2D eigenvalue weighted by molar-refractivity contribution is 5.83. The highest BCUT2D eigenvalue weighted by atomic mass is 19.3.